The lowest BCUT2D eigenvalue weighted by atomic mass is 10.1. The van der Waals surface area contributed by atoms with Crippen molar-refractivity contribution in [2.24, 2.45) is 0 Å². The topological polar surface area (TPSA) is 93.2 Å². The van der Waals surface area contributed by atoms with Crippen LogP contribution in [0.1, 0.15) is 38.9 Å². The zero-order valence-electron chi connectivity index (χ0n) is 16.3. The summed E-state index contributed by atoms with van der Waals surface area (Å²) >= 11 is 0. The minimum Gasteiger partial charge on any atom is -0.462 e. The molecule has 1 aromatic heterocycles. The Kier molecular flexibility index (Phi) is 6.52. The molecule has 3 aromatic rings. The maximum atomic E-state index is 12.5. The number of para-hydroxylation sites is 1. The number of aromatic nitrogens is 2. The van der Waals surface area contributed by atoms with Crippen molar-refractivity contribution < 1.29 is 14.3 Å². The number of benzene rings is 2. The van der Waals surface area contributed by atoms with Crippen LogP contribution in [0.15, 0.2) is 60.9 Å². The molecule has 7 nitrogen and oxygen atoms in total. The summed E-state index contributed by atoms with van der Waals surface area (Å²) in [5, 5.41) is 5.91. The minimum atomic E-state index is -0.430. The van der Waals surface area contributed by atoms with Gasteiger partial charge in [0.25, 0.3) is 5.91 Å². The Morgan fingerprint density at radius 2 is 1.86 bits per heavy atom. The second kappa shape index (κ2) is 9.45. The Morgan fingerprint density at radius 3 is 2.66 bits per heavy atom. The van der Waals surface area contributed by atoms with Gasteiger partial charge >= 0.3 is 5.97 Å². The van der Waals surface area contributed by atoms with Crippen LogP contribution in [0.5, 0.6) is 0 Å². The lowest BCUT2D eigenvalue weighted by Gasteiger charge is -2.11. The van der Waals surface area contributed by atoms with Crippen LogP contribution in [-0.4, -0.2) is 28.5 Å². The third kappa shape index (κ3) is 5.38. The fourth-order valence-electron chi connectivity index (χ4n) is 2.76. The van der Waals surface area contributed by atoms with Crippen LogP contribution in [0.4, 0.5) is 11.5 Å². The first-order chi connectivity index (χ1) is 14.1. The number of nitrogens with one attached hydrogen (secondary N) is 2. The highest BCUT2D eigenvalue weighted by Gasteiger charge is 2.14. The van der Waals surface area contributed by atoms with E-state index in [-0.39, 0.29) is 18.2 Å². The van der Waals surface area contributed by atoms with Gasteiger partial charge in [-0.15, -0.1) is 0 Å². The molecule has 0 aliphatic heterocycles. The first-order valence-corrected chi connectivity index (χ1v) is 9.25. The fraction of sp³-hybridized carbons (Fsp3) is 0.182. The van der Waals surface area contributed by atoms with Crippen molar-refractivity contribution in [3.63, 3.8) is 0 Å². The van der Waals surface area contributed by atoms with Crippen molar-refractivity contribution in [3.8, 4) is 0 Å². The summed E-state index contributed by atoms with van der Waals surface area (Å²) in [6.45, 7) is 4.44. The predicted molar refractivity (Wildman–Crippen MR) is 110 cm³/mol. The zero-order valence-corrected chi connectivity index (χ0v) is 16.3. The van der Waals surface area contributed by atoms with E-state index in [0.29, 0.717) is 23.6 Å². The third-order valence-corrected chi connectivity index (χ3v) is 4.12. The number of nitrogens with zero attached hydrogens (tertiary/aromatic N) is 2. The molecule has 0 aliphatic carbocycles. The van der Waals surface area contributed by atoms with E-state index >= 15 is 0 Å². The lowest BCUT2D eigenvalue weighted by molar-refractivity contribution is 0.0527. The van der Waals surface area contributed by atoms with Crippen molar-refractivity contribution in [3.05, 3.63) is 83.3 Å². The zero-order chi connectivity index (χ0) is 20.6. The van der Waals surface area contributed by atoms with E-state index in [1.807, 2.05) is 31.2 Å². The van der Waals surface area contributed by atoms with Crippen LogP contribution in [0.25, 0.3) is 0 Å². The molecule has 0 saturated carbocycles. The van der Waals surface area contributed by atoms with E-state index < -0.39 is 5.97 Å². The van der Waals surface area contributed by atoms with Crippen molar-refractivity contribution in [1.82, 2.24) is 15.3 Å². The highest BCUT2D eigenvalue weighted by molar-refractivity contribution is 5.97. The number of hydrogen-bond acceptors (Lipinski definition) is 6. The predicted octanol–water partition coefficient (Wildman–Crippen LogP) is 3.64. The summed E-state index contributed by atoms with van der Waals surface area (Å²) in [5.41, 5.74) is 3.29. The standard InChI is InChI=1S/C22H22N4O3/c1-3-29-22(28)17-9-4-5-10-18(17)26-20-12-19(24-14-25-20)21(27)23-13-16-8-6-7-15(2)11-16/h4-12,14H,3,13H2,1-2H3,(H,23,27)(H,24,25,26). The minimum absolute atomic E-state index is 0.226. The van der Waals surface area contributed by atoms with Gasteiger partial charge < -0.3 is 15.4 Å². The Hall–Kier alpha value is -3.74. The highest BCUT2D eigenvalue weighted by Crippen LogP contribution is 2.20. The number of carbonyl (C=O) groups is 2. The first-order valence-electron chi connectivity index (χ1n) is 9.25. The van der Waals surface area contributed by atoms with E-state index in [0.717, 1.165) is 11.1 Å². The second-order valence-corrected chi connectivity index (χ2v) is 6.35. The molecule has 29 heavy (non-hydrogen) atoms. The molecule has 1 heterocycles. The van der Waals surface area contributed by atoms with E-state index in [4.69, 9.17) is 4.74 Å². The molecule has 7 heteroatoms. The molecular weight excluding hydrogens is 368 g/mol. The number of esters is 1. The molecular formula is C22H22N4O3. The number of ether oxygens (including phenoxy) is 1. The lowest BCUT2D eigenvalue weighted by Crippen LogP contribution is -2.24. The molecule has 0 bridgehead atoms. The SMILES string of the molecule is CCOC(=O)c1ccccc1Nc1cc(C(=O)NCc2cccc(C)c2)ncn1. The number of amides is 1. The Labute approximate surface area is 169 Å². The van der Waals surface area contributed by atoms with Crippen LogP contribution in [0, 0.1) is 6.92 Å². The second-order valence-electron chi connectivity index (χ2n) is 6.35. The average molecular weight is 390 g/mol. The summed E-state index contributed by atoms with van der Waals surface area (Å²) in [6.07, 6.45) is 1.30. The van der Waals surface area contributed by atoms with E-state index in [1.165, 1.54) is 12.4 Å². The first kappa shape index (κ1) is 20.0. The van der Waals surface area contributed by atoms with Crippen LogP contribution >= 0.6 is 0 Å². The van der Waals surface area contributed by atoms with Crippen LogP contribution in [0.3, 0.4) is 0 Å². The van der Waals surface area contributed by atoms with E-state index in [1.54, 1.807) is 31.2 Å². The maximum absolute atomic E-state index is 12.5. The Bertz CT molecular complexity index is 1020. The molecule has 148 valence electrons. The summed E-state index contributed by atoms with van der Waals surface area (Å²) in [5.74, 6) is -0.339. The molecule has 2 N–H and O–H groups in total. The van der Waals surface area contributed by atoms with E-state index in [9.17, 15) is 9.59 Å². The van der Waals surface area contributed by atoms with Gasteiger partial charge in [-0.25, -0.2) is 14.8 Å². The van der Waals surface area contributed by atoms with Gasteiger partial charge in [-0.1, -0.05) is 42.0 Å². The molecule has 0 fully saturated rings. The molecule has 0 unspecified atom stereocenters. The van der Waals surface area contributed by atoms with Gasteiger partial charge in [-0.3, -0.25) is 4.79 Å². The van der Waals surface area contributed by atoms with Crippen molar-refractivity contribution in [1.29, 1.82) is 0 Å². The van der Waals surface area contributed by atoms with Gasteiger partial charge in [0.2, 0.25) is 0 Å². The molecule has 2 aromatic carbocycles. The quantitative estimate of drug-likeness (QED) is 0.599. The number of rotatable bonds is 7. The molecule has 0 saturated heterocycles. The smallest absolute Gasteiger partial charge is 0.340 e. The van der Waals surface area contributed by atoms with Gasteiger partial charge in [0.1, 0.15) is 17.8 Å². The van der Waals surface area contributed by atoms with Crippen molar-refractivity contribution in [2.75, 3.05) is 11.9 Å². The van der Waals surface area contributed by atoms with Crippen LogP contribution in [-0.2, 0) is 11.3 Å². The van der Waals surface area contributed by atoms with Gasteiger partial charge in [-0.05, 0) is 31.5 Å². The fourth-order valence-corrected chi connectivity index (χ4v) is 2.76. The van der Waals surface area contributed by atoms with Crippen LogP contribution < -0.4 is 10.6 Å². The number of anilines is 2. The number of hydrogen-bond donors (Lipinski definition) is 2. The van der Waals surface area contributed by atoms with Gasteiger partial charge in [-0.2, -0.15) is 0 Å². The van der Waals surface area contributed by atoms with Gasteiger partial charge in [0.15, 0.2) is 0 Å². The molecule has 1 amide bonds. The monoisotopic (exact) mass is 390 g/mol. The Morgan fingerprint density at radius 1 is 1.03 bits per heavy atom. The number of aryl methyl sites for hydroxylation is 1. The third-order valence-electron chi connectivity index (χ3n) is 4.12. The highest BCUT2D eigenvalue weighted by atomic mass is 16.5. The normalized spacial score (nSPS) is 10.3. The molecule has 0 radical (unpaired) electrons. The molecule has 3 rings (SSSR count). The van der Waals surface area contributed by atoms with Crippen molar-refractivity contribution in [2.45, 2.75) is 20.4 Å². The van der Waals surface area contributed by atoms with Crippen molar-refractivity contribution >= 4 is 23.4 Å². The summed E-state index contributed by atoms with van der Waals surface area (Å²) < 4.78 is 5.07. The number of carbonyl (C=O) groups excluding carboxylic acids is 2. The van der Waals surface area contributed by atoms with Crippen LogP contribution in [0.2, 0.25) is 0 Å². The summed E-state index contributed by atoms with van der Waals surface area (Å²) in [6, 6.07) is 16.4. The average Bonchev–Trinajstić information content (AvgIpc) is 2.73. The maximum Gasteiger partial charge on any atom is 0.340 e. The summed E-state index contributed by atoms with van der Waals surface area (Å²) in [4.78, 5) is 32.8. The molecule has 0 atom stereocenters. The largest absolute Gasteiger partial charge is 0.462 e. The summed E-state index contributed by atoms with van der Waals surface area (Å²) in [7, 11) is 0. The molecule has 0 aliphatic rings. The van der Waals surface area contributed by atoms with Gasteiger partial charge in [0.05, 0.1) is 17.9 Å². The van der Waals surface area contributed by atoms with Gasteiger partial charge in [0, 0.05) is 12.6 Å². The Balaban J connectivity index is 1.71. The molecule has 0 spiro atoms. The van der Waals surface area contributed by atoms with E-state index in [2.05, 4.69) is 20.6 Å².